The maximum absolute atomic E-state index is 13.7. The van der Waals surface area contributed by atoms with Crippen molar-refractivity contribution in [1.82, 2.24) is 19.4 Å². The summed E-state index contributed by atoms with van der Waals surface area (Å²) in [5.41, 5.74) is 1.92. The van der Waals surface area contributed by atoms with E-state index in [1.54, 1.807) is 28.9 Å². The molecule has 0 bridgehead atoms. The molecule has 0 spiro atoms. The molecule has 1 N–H and O–H groups in total. The van der Waals surface area contributed by atoms with Crippen molar-refractivity contribution in [2.75, 3.05) is 45.6 Å². The maximum Gasteiger partial charge on any atom is 0.317 e. The highest BCUT2D eigenvalue weighted by Gasteiger charge is 2.32. The lowest BCUT2D eigenvalue weighted by Crippen LogP contribution is -2.53. The number of carbonyl (C=O) groups excluding carboxylic acids is 2. The minimum Gasteiger partial charge on any atom is -0.383 e. The van der Waals surface area contributed by atoms with Crippen LogP contribution in [0.3, 0.4) is 0 Å². The second-order valence-electron chi connectivity index (χ2n) is 9.65. The molecular weight excluding hydrogens is 540 g/mol. The third-order valence-electron chi connectivity index (χ3n) is 6.78. The molecule has 0 radical (unpaired) electrons. The number of hydrogen-bond acceptors (Lipinski definition) is 5. The van der Waals surface area contributed by atoms with Crippen LogP contribution in [0.2, 0.25) is 5.02 Å². The average molecular weight is 579 g/mol. The van der Waals surface area contributed by atoms with E-state index in [4.69, 9.17) is 16.3 Å². The lowest BCUT2D eigenvalue weighted by molar-refractivity contribution is -0.135. The summed E-state index contributed by atoms with van der Waals surface area (Å²) in [5.74, 6) is -0.301. The number of halogens is 1. The molecule has 2 aromatic carbocycles. The second kappa shape index (κ2) is 15.2. The van der Waals surface area contributed by atoms with Crippen LogP contribution in [0.1, 0.15) is 37.3 Å². The zero-order valence-corrected chi connectivity index (χ0v) is 24.3. The lowest BCUT2D eigenvalue weighted by atomic mass is 10.0. The average Bonchev–Trinajstić information content (AvgIpc) is 2.94. The Morgan fingerprint density at radius 1 is 1.05 bits per heavy atom. The molecule has 214 valence electrons. The number of likely N-dealkylation sites (tertiary alicyclic amines) is 1. The van der Waals surface area contributed by atoms with E-state index in [1.807, 2.05) is 42.5 Å². The number of sulfonamides is 1. The Bertz CT molecular complexity index is 1160. The third-order valence-corrected chi connectivity index (χ3v) is 9.05. The van der Waals surface area contributed by atoms with E-state index in [0.717, 1.165) is 11.1 Å². The first-order chi connectivity index (χ1) is 18.7. The van der Waals surface area contributed by atoms with Gasteiger partial charge < -0.3 is 19.9 Å². The summed E-state index contributed by atoms with van der Waals surface area (Å²) in [6.07, 6.45) is 1.65. The highest BCUT2D eigenvalue weighted by molar-refractivity contribution is 7.89. The van der Waals surface area contributed by atoms with Crippen LogP contribution in [0, 0.1) is 0 Å². The Morgan fingerprint density at radius 2 is 1.72 bits per heavy atom. The molecule has 1 fully saturated rings. The van der Waals surface area contributed by atoms with Gasteiger partial charge in [-0.1, -0.05) is 61.0 Å². The minimum absolute atomic E-state index is 0.0301. The highest BCUT2D eigenvalue weighted by atomic mass is 35.5. The first-order valence-corrected chi connectivity index (χ1v) is 15.3. The maximum atomic E-state index is 13.7. The van der Waals surface area contributed by atoms with Crippen LogP contribution >= 0.6 is 11.6 Å². The molecule has 1 saturated heterocycles. The van der Waals surface area contributed by atoms with Crippen molar-refractivity contribution in [2.24, 2.45) is 0 Å². The fourth-order valence-corrected chi connectivity index (χ4v) is 6.17. The Morgan fingerprint density at radius 3 is 2.33 bits per heavy atom. The Kier molecular flexibility index (Phi) is 12.0. The molecule has 0 aromatic heterocycles. The van der Waals surface area contributed by atoms with E-state index in [1.165, 1.54) is 11.4 Å². The van der Waals surface area contributed by atoms with Gasteiger partial charge in [0.2, 0.25) is 15.9 Å². The highest BCUT2D eigenvalue weighted by Crippen LogP contribution is 2.21. The molecule has 2 aromatic rings. The van der Waals surface area contributed by atoms with Gasteiger partial charge in [-0.2, -0.15) is 4.31 Å². The number of nitrogens with one attached hydrogen (secondary N) is 1. The zero-order chi connectivity index (χ0) is 28.3. The molecule has 0 saturated carbocycles. The summed E-state index contributed by atoms with van der Waals surface area (Å²) in [6.45, 7) is 3.62. The van der Waals surface area contributed by atoms with E-state index in [9.17, 15) is 18.0 Å². The third kappa shape index (κ3) is 9.49. The molecule has 3 rings (SSSR count). The molecule has 3 amide bonds. The molecule has 1 aliphatic heterocycles. The lowest BCUT2D eigenvalue weighted by Gasteiger charge is -2.39. The monoisotopic (exact) mass is 578 g/mol. The molecule has 9 nitrogen and oxygen atoms in total. The fourth-order valence-electron chi connectivity index (χ4n) is 4.61. The van der Waals surface area contributed by atoms with Crippen molar-refractivity contribution in [1.29, 1.82) is 0 Å². The summed E-state index contributed by atoms with van der Waals surface area (Å²) in [5, 5.41) is 3.56. The Hall–Kier alpha value is -2.66. The zero-order valence-electron chi connectivity index (χ0n) is 22.7. The number of carbonyl (C=O) groups is 2. The van der Waals surface area contributed by atoms with Crippen LogP contribution in [0.5, 0.6) is 0 Å². The number of hydrogen-bond donors (Lipinski definition) is 1. The summed E-state index contributed by atoms with van der Waals surface area (Å²) in [7, 11) is -2.10. The minimum atomic E-state index is -3.60. The number of ether oxygens (including phenoxy) is 1. The van der Waals surface area contributed by atoms with Gasteiger partial charge in [0.1, 0.15) is 0 Å². The molecule has 0 atom stereocenters. The second-order valence-corrected chi connectivity index (χ2v) is 12.2. The fraction of sp³-hybridized carbons (Fsp3) is 0.500. The van der Waals surface area contributed by atoms with Gasteiger partial charge in [0, 0.05) is 50.9 Å². The molecule has 1 heterocycles. The van der Waals surface area contributed by atoms with Crippen molar-refractivity contribution in [3.63, 3.8) is 0 Å². The number of methoxy groups -OCH3 is 1. The number of rotatable bonds is 13. The number of nitrogens with zero attached hydrogens (tertiary/aromatic N) is 3. The summed E-state index contributed by atoms with van der Waals surface area (Å²) in [4.78, 5) is 30.0. The summed E-state index contributed by atoms with van der Waals surface area (Å²) < 4.78 is 32.1. The summed E-state index contributed by atoms with van der Waals surface area (Å²) >= 11 is 6.06. The van der Waals surface area contributed by atoms with Crippen LogP contribution in [0.4, 0.5) is 4.79 Å². The van der Waals surface area contributed by atoms with Crippen molar-refractivity contribution < 1.29 is 22.7 Å². The van der Waals surface area contributed by atoms with E-state index in [-0.39, 0.29) is 43.4 Å². The van der Waals surface area contributed by atoms with Crippen molar-refractivity contribution in [3.05, 3.63) is 70.7 Å². The summed E-state index contributed by atoms with van der Waals surface area (Å²) in [6, 6.07) is 16.7. The van der Waals surface area contributed by atoms with Crippen LogP contribution in [0.15, 0.2) is 54.6 Å². The van der Waals surface area contributed by atoms with Crippen LogP contribution < -0.4 is 5.32 Å². The van der Waals surface area contributed by atoms with Gasteiger partial charge >= 0.3 is 6.03 Å². The van der Waals surface area contributed by atoms with Gasteiger partial charge in [-0.25, -0.2) is 13.2 Å². The standard InChI is InChI=1S/C28H39ClN4O5S/c1-3-19-39(36,37)32(17-18-38-2)22-27(34)33(21-24-9-11-25(29)12-10-24)26-13-15-31(16-14-26)28(35)30-20-23-7-5-4-6-8-23/h4-12,26H,3,13-22H2,1-2H3,(H,30,35). The SMILES string of the molecule is CCCS(=O)(=O)N(CCOC)CC(=O)N(Cc1ccc(Cl)cc1)C1CCN(C(=O)NCc2ccccc2)CC1. The van der Waals surface area contributed by atoms with E-state index in [2.05, 4.69) is 5.32 Å². The van der Waals surface area contributed by atoms with E-state index < -0.39 is 10.0 Å². The number of urea groups is 1. The molecule has 0 unspecified atom stereocenters. The van der Waals surface area contributed by atoms with Gasteiger partial charge in [-0.05, 0) is 42.5 Å². The van der Waals surface area contributed by atoms with Gasteiger partial charge in [-0.3, -0.25) is 4.79 Å². The molecule has 0 aliphatic carbocycles. The van der Waals surface area contributed by atoms with Crippen molar-refractivity contribution >= 4 is 33.6 Å². The van der Waals surface area contributed by atoms with Gasteiger partial charge in [-0.15, -0.1) is 0 Å². The normalized spacial score (nSPS) is 14.4. The predicted molar refractivity (Wildman–Crippen MR) is 153 cm³/mol. The van der Waals surface area contributed by atoms with Crippen molar-refractivity contribution in [2.45, 2.75) is 45.3 Å². The topological polar surface area (TPSA) is 99.3 Å². The molecule has 11 heteroatoms. The number of amides is 3. The largest absolute Gasteiger partial charge is 0.383 e. The van der Waals surface area contributed by atoms with Gasteiger partial charge in [0.25, 0.3) is 0 Å². The van der Waals surface area contributed by atoms with Crippen LogP contribution in [-0.4, -0.2) is 86.2 Å². The van der Waals surface area contributed by atoms with Crippen molar-refractivity contribution in [3.8, 4) is 0 Å². The molecular formula is C28H39ClN4O5S. The Balaban J connectivity index is 1.69. The van der Waals surface area contributed by atoms with Gasteiger partial charge in [0.05, 0.1) is 18.9 Å². The Labute approximate surface area is 237 Å². The number of benzene rings is 2. The van der Waals surface area contributed by atoms with E-state index >= 15 is 0 Å². The van der Waals surface area contributed by atoms with Crippen LogP contribution in [0.25, 0.3) is 0 Å². The van der Waals surface area contributed by atoms with E-state index in [0.29, 0.717) is 50.5 Å². The first-order valence-electron chi connectivity index (χ1n) is 13.3. The molecule has 1 aliphatic rings. The number of piperidine rings is 1. The molecule has 39 heavy (non-hydrogen) atoms. The van der Waals surface area contributed by atoms with Gasteiger partial charge in [0.15, 0.2) is 0 Å². The predicted octanol–water partition coefficient (Wildman–Crippen LogP) is 3.73. The van der Waals surface area contributed by atoms with Crippen LogP contribution in [-0.2, 0) is 32.6 Å². The first kappa shape index (κ1) is 30.9. The quantitative estimate of drug-likeness (QED) is 0.390. The smallest absolute Gasteiger partial charge is 0.317 e.